The summed E-state index contributed by atoms with van der Waals surface area (Å²) in [5.74, 6) is 0.139. The quantitative estimate of drug-likeness (QED) is 0.769. The number of nitrogens with one attached hydrogen (secondary N) is 2. The van der Waals surface area contributed by atoms with Crippen molar-refractivity contribution in [3.63, 3.8) is 0 Å². The lowest BCUT2D eigenvalue weighted by molar-refractivity contribution is -0.123. The molecule has 108 valence electrons. The van der Waals surface area contributed by atoms with Crippen molar-refractivity contribution >= 4 is 11.6 Å². The molecule has 1 aliphatic heterocycles. The molecule has 0 spiro atoms. The van der Waals surface area contributed by atoms with Crippen LogP contribution in [0.2, 0.25) is 0 Å². The van der Waals surface area contributed by atoms with Crippen LogP contribution in [-0.2, 0) is 11.2 Å². The van der Waals surface area contributed by atoms with Gasteiger partial charge in [-0.05, 0) is 50.2 Å². The van der Waals surface area contributed by atoms with Crippen molar-refractivity contribution in [1.82, 2.24) is 5.32 Å². The number of carbonyl (C=O) groups is 1. The van der Waals surface area contributed by atoms with Crippen LogP contribution >= 0.6 is 0 Å². The summed E-state index contributed by atoms with van der Waals surface area (Å²) in [5.41, 5.74) is 8.31. The first-order chi connectivity index (χ1) is 9.72. The van der Waals surface area contributed by atoms with Crippen LogP contribution in [0.3, 0.4) is 0 Å². The highest BCUT2D eigenvalue weighted by molar-refractivity contribution is 5.85. The number of fused-ring (bicyclic) bond motifs is 1. The minimum atomic E-state index is -0.0968. The van der Waals surface area contributed by atoms with E-state index in [4.69, 9.17) is 5.73 Å². The summed E-state index contributed by atoms with van der Waals surface area (Å²) in [4.78, 5) is 12.4. The van der Waals surface area contributed by atoms with E-state index in [2.05, 4.69) is 22.8 Å². The Morgan fingerprint density at radius 3 is 2.70 bits per heavy atom. The van der Waals surface area contributed by atoms with E-state index in [0.717, 1.165) is 44.2 Å². The van der Waals surface area contributed by atoms with Gasteiger partial charge < -0.3 is 16.4 Å². The third-order valence-corrected chi connectivity index (χ3v) is 4.48. The predicted molar refractivity (Wildman–Crippen MR) is 80.5 cm³/mol. The number of aryl methyl sites for hydroxylation is 1. The molecule has 1 aromatic carbocycles. The second-order valence-electron chi connectivity index (χ2n) is 6.01. The van der Waals surface area contributed by atoms with Crippen LogP contribution in [0.4, 0.5) is 5.69 Å². The predicted octanol–water partition coefficient (Wildman–Crippen LogP) is 1.80. The third-order valence-electron chi connectivity index (χ3n) is 4.48. The first kappa shape index (κ1) is 13.4. The Morgan fingerprint density at radius 1 is 1.15 bits per heavy atom. The van der Waals surface area contributed by atoms with E-state index in [-0.39, 0.29) is 11.9 Å². The maximum atomic E-state index is 12.4. The molecule has 1 atom stereocenters. The molecule has 4 N–H and O–H groups in total. The summed E-state index contributed by atoms with van der Waals surface area (Å²) in [7, 11) is 0. The zero-order valence-corrected chi connectivity index (χ0v) is 11.8. The van der Waals surface area contributed by atoms with Gasteiger partial charge in [0, 0.05) is 17.8 Å². The molecule has 0 aromatic heterocycles. The molecule has 1 heterocycles. The fraction of sp³-hybridized carbons (Fsp3) is 0.562. The second kappa shape index (κ2) is 5.83. The number of hydrogen-bond acceptors (Lipinski definition) is 3. The Kier molecular flexibility index (Phi) is 3.92. The maximum absolute atomic E-state index is 12.4. The minimum Gasteiger partial charge on any atom is -0.373 e. The molecule has 0 unspecified atom stereocenters. The number of hydrogen-bond donors (Lipinski definition) is 3. The number of para-hydroxylation sites is 1. The van der Waals surface area contributed by atoms with Crippen LogP contribution in [-0.4, -0.2) is 24.0 Å². The van der Waals surface area contributed by atoms with Gasteiger partial charge in [-0.3, -0.25) is 4.79 Å². The van der Waals surface area contributed by atoms with Crippen molar-refractivity contribution in [1.29, 1.82) is 0 Å². The third kappa shape index (κ3) is 2.96. The zero-order valence-electron chi connectivity index (χ0n) is 11.8. The zero-order chi connectivity index (χ0) is 13.9. The molecular weight excluding hydrogens is 250 g/mol. The number of nitrogens with two attached hydrogens (primary N) is 1. The Hall–Kier alpha value is -1.55. The van der Waals surface area contributed by atoms with E-state index in [1.54, 1.807) is 0 Å². The van der Waals surface area contributed by atoms with Crippen molar-refractivity contribution in [3.8, 4) is 0 Å². The van der Waals surface area contributed by atoms with Gasteiger partial charge in [0.15, 0.2) is 0 Å². The van der Waals surface area contributed by atoms with Crippen LogP contribution in [0, 0.1) is 0 Å². The van der Waals surface area contributed by atoms with Gasteiger partial charge in [-0.25, -0.2) is 0 Å². The summed E-state index contributed by atoms with van der Waals surface area (Å²) < 4.78 is 0. The van der Waals surface area contributed by atoms with Gasteiger partial charge in [-0.2, -0.15) is 0 Å². The fourth-order valence-corrected chi connectivity index (χ4v) is 3.20. The Balaban J connectivity index is 1.56. The lowest BCUT2D eigenvalue weighted by Gasteiger charge is -2.31. The topological polar surface area (TPSA) is 67.1 Å². The normalized spacial score (nSPS) is 29.1. The van der Waals surface area contributed by atoms with E-state index >= 15 is 0 Å². The average Bonchev–Trinajstić information content (AvgIpc) is 2.49. The van der Waals surface area contributed by atoms with E-state index < -0.39 is 0 Å². The Morgan fingerprint density at radius 2 is 1.90 bits per heavy atom. The molecule has 0 saturated heterocycles. The summed E-state index contributed by atoms with van der Waals surface area (Å²) in [6, 6.07) is 8.76. The summed E-state index contributed by atoms with van der Waals surface area (Å²) in [6.45, 7) is 0. The smallest absolute Gasteiger partial charge is 0.242 e. The highest BCUT2D eigenvalue weighted by atomic mass is 16.2. The summed E-state index contributed by atoms with van der Waals surface area (Å²) in [5, 5.41) is 6.54. The standard InChI is InChI=1S/C16H23N3O/c17-12-6-8-13(9-7-12)18-16(20)15-10-5-11-3-1-2-4-14(11)19-15/h1-4,12-13,15,19H,5-10,17H2,(H,18,20)/t12-,13-,15-/m1/s1. The van der Waals surface area contributed by atoms with Crippen molar-refractivity contribution in [2.75, 3.05) is 5.32 Å². The van der Waals surface area contributed by atoms with Gasteiger partial charge in [0.2, 0.25) is 5.91 Å². The molecule has 2 aliphatic rings. The summed E-state index contributed by atoms with van der Waals surface area (Å²) in [6.07, 6.45) is 5.90. The van der Waals surface area contributed by atoms with Crippen LogP contribution < -0.4 is 16.4 Å². The van der Waals surface area contributed by atoms with E-state index in [1.165, 1.54) is 5.56 Å². The van der Waals surface area contributed by atoms with Crippen molar-refractivity contribution in [2.45, 2.75) is 56.7 Å². The SMILES string of the molecule is N[C@H]1CC[C@H](NC(=O)[C@H]2CCc3ccccc3N2)CC1. The van der Waals surface area contributed by atoms with Gasteiger partial charge in [0.05, 0.1) is 0 Å². The van der Waals surface area contributed by atoms with Crippen LogP contribution in [0.5, 0.6) is 0 Å². The average molecular weight is 273 g/mol. The molecule has 0 bridgehead atoms. The molecule has 20 heavy (non-hydrogen) atoms. The molecule has 1 amide bonds. The van der Waals surface area contributed by atoms with Crippen LogP contribution in [0.1, 0.15) is 37.7 Å². The number of benzene rings is 1. The van der Waals surface area contributed by atoms with Crippen molar-refractivity contribution < 1.29 is 4.79 Å². The molecule has 1 fully saturated rings. The van der Waals surface area contributed by atoms with Gasteiger partial charge in [0.1, 0.15) is 6.04 Å². The first-order valence-electron chi connectivity index (χ1n) is 7.63. The molecule has 1 saturated carbocycles. The molecule has 0 radical (unpaired) electrons. The lowest BCUT2D eigenvalue weighted by atomic mass is 9.91. The fourth-order valence-electron chi connectivity index (χ4n) is 3.20. The van der Waals surface area contributed by atoms with Gasteiger partial charge >= 0.3 is 0 Å². The van der Waals surface area contributed by atoms with Crippen molar-refractivity contribution in [3.05, 3.63) is 29.8 Å². The second-order valence-corrected chi connectivity index (χ2v) is 6.01. The first-order valence-corrected chi connectivity index (χ1v) is 7.63. The molecular formula is C16H23N3O. The molecule has 1 aliphatic carbocycles. The molecule has 3 rings (SSSR count). The minimum absolute atomic E-state index is 0.0968. The monoisotopic (exact) mass is 273 g/mol. The largest absolute Gasteiger partial charge is 0.373 e. The van der Waals surface area contributed by atoms with Crippen LogP contribution in [0.25, 0.3) is 0 Å². The van der Waals surface area contributed by atoms with Gasteiger partial charge in [-0.15, -0.1) is 0 Å². The maximum Gasteiger partial charge on any atom is 0.242 e. The van der Waals surface area contributed by atoms with Crippen molar-refractivity contribution in [2.24, 2.45) is 5.73 Å². The van der Waals surface area contributed by atoms with E-state index in [1.807, 2.05) is 12.1 Å². The van der Waals surface area contributed by atoms with Crippen LogP contribution in [0.15, 0.2) is 24.3 Å². The molecule has 4 nitrogen and oxygen atoms in total. The number of amides is 1. The molecule has 4 heteroatoms. The lowest BCUT2D eigenvalue weighted by Crippen LogP contribution is -2.47. The number of rotatable bonds is 2. The van der Waals surface area contributed by atoms with Gasteiger partial charge in [-0.1, -0.05) is 18.2 Å². The highest BCUT2D eigenvalue weighted by Gasteiger charge is 2.26. The van der Waals surface area contributed by atoms with E-state index in [9.17, 15) is 4.79 Å². The Bertz CT molecular complexity index is 480. The number of anilines is 1. The van der Waals surface area contributed by atoms with Gasteiger partial charge in [0.25, 0.3) is 0 Å². The van der Waals surface area contributed by atoms with E-state index in [0.29, 0.717) is 12.1 Å². The summed E-state index contributed by atoms with van der Waals surface area (Å²) >= 11 is 0. The molecule has 1 aromatic rings. The number of carbonyl (C=O) groups excluding carboxylic acids is 1. The highest BCUT2D eigenvalue weighted by Crippen LogP contribution is 2.25. The Labute approximate surface area is 120 Å².